The van der Waals surface area contributed by atoms with Gasteiger partial charge < -0.3 is 4.74 Å². The van der Waals surface area contributed by atoms with Gasteiger partial charge in [0, 0.05) is 7.11 Å². The highest BCUT2D eigenvalue weighted by Crippen LogP contribution is 2.41. The van der Waals surface area contributed by atoms with Crippen LogP contribution in [0.25, 0.3) is 6.08 Å². The quantitative estimate of drug-likeness (QED) is 0.630. The van der Waals surface area contributed by atoms with Crippen LogP contribution in [0.3, 0.4) is 0 Å². The molecule has 0 fully saturated rings. The molecule has 124 valence electrons. The van der Waals surface area contributed by atoms with Gasteiger partial charge in [0.05, 0.1) is 0 Å². The average Bonchev–Trinajstić information content (AvgIpc) is 2.53. The second kappa shape index (κ2) is 7.31. The average molecular weight is 310 g/mol. The van der Waals surface area contributed by atoms with Crippen LogP contribution >= 0.6 is 0 Å². The van der Waals surface area contributed by atoms with E-state index >= 15 is 0 Å². The Hall–Kier alpha value is -1.60. The van der Waals surface area contributed by atoms with E-state index in [1.165, 1.54) is 36.0 Å². The summed E-state index contributed by atoms with van der Waals surface area (Å²) >= 11 is 0. The summed E-state index contributed by atoms with van der Waals surface area (Å²) in [5.41, 5.74) is 4.05. The van der Waals surface area contributed by atoms with Crippen molar-refractivity contribution < 1.29 is 4.74 Å². The fraction of sp³-hybridized carbons (Fsp3) is 0.455. The Balaban J connectivity index is 2.22. The lowest BCUT2D eigenvalue weighted by molar-refractivity contribution is 0.0912. The summed E-state index contributed by atoms with van der Waals surface area (Å²) in [5.74, 6) is 0. The molecule has 0 spiro atoms. The summed E-state index contributed by atoms with van der Waals surface area (Å²) in [6.45, 7) is 9.07. The van der Waals surface area contributed by atoms with Crippen LogP contribution in [-0.2, 0) is 4.74 Å². The van der Waals surface area contributed by atoms with E-state index in [2.05, 4.69) is 76.3 Å². The number of methoxy groups -OCH3 is 1. The van der Waals surface area contributed by atoms with Crippen molar-refractivity contribution in [2.75, 3.05) is 7.11 Å². The standard InChI is InChI=1S/C22H30O/c1-18-10-9-15-21(2,3)20(18)14-17-22(4,23-5)16-13-19-11-7-6-8-12-19/h6-8,11-14,16-17H,9-10,15H2,1-5H3/b16-13-,17-14+. The second-order valence-corrected chi connectivity index (χ2v) is 7.40. The lowest BCUT2D eigenvalue weighted by Crippen LogP contribution is -2.23. The third-order valence-electron chi connectivity index (χ3n) is 4.97. The van der Waals surface area contributed by atoms with Gasteiger partial charge >= 0.3 is 0 Å². The molecule has 0 N–H and O–H groups in total. The molecule has 0 heterocycles. The van der Waals surface area contributed by atoms with Gasteiger partial charge in [-0.2, -0.15) is 0 Å². The highest BCUT2D eigenvalue weighted by molar-refractivity contribution is 5.51. The molecule has 1 nitrogen and oxygen atoms in total. The summed E-state index contributed by atoms with van der Waals surface area (Å²) in [7, 11) is 1.77. The first-order valence-electron chi connectivity index (χ1n) is 8.55. The largest absolute Gasteiger partial charge is 0.370 e. The van der Waals surface area contributed by atoms with Crippen molar-refractivity contribution >= 4 is 6.08 Å². The van der Waals surface area contributed by atoms with Crippen LogP contribution in [0.2, 0.25) is 0 Å². The first kappa shape index (κ1) is 17.7. The molecule has 0 amide bonds. The molecule has 0 aromatic heterocycles. The van der Waals surface area contributed by atoms with Crippen molar-refractivity contribution in [3.8, 4) is 0 Å². The smallest absolute Gasteiger partial charge is 0.102 e. The van der Waals surface area contributed by atoms with Crippen molar-refractivity contribution in [2.24, 2.45) is 5.41 Å². The van der Waals surface area contributed by atoms with Crippen LogP contribution < -0.4 is 0 Å². The van der Waals surface area contributed by atoms with Crippen LogP contribution in [0.15, 0.2) is 59.7 Å². The van der Waals surface area contributed by atoms with E-state index in [0.29, 0.717) is 0 Å². The molecule has 0 radical (unpaired) electrons. The Morgan fingerprint density at radius 1 is 1.09 bits per heavy atom. The van der Waals surface area contributed by atoms with E-state index in [-0.39, 0.29) is 5.41 Å². The fourth-order valence-corrected chi connectivity index (χ4v) is 3.28. The molecule has 0 aliphatic heterocycles. The summed E-state index contributed by atoms with van der Waals surface area (Å²) in [6.07, 6.45) is 12.5. The Kier molecular flexibility index (Phi) is 5.64. The summed E-state index contributed by atoms with van der Waals surface area (Å²) in [4.78, 5) is 0. The summed E-state index contributed by atoms with van der Waals surface area (Å²) in [6, 6.07) is 10.4. The molecule has 0 saturated carbocycles. The number of rotatable bonds is 5. The fourth-order valence-electron chi connectivity index (χ4n) is 3.28. The lowest BCUT2D eigenvalue weighted by atomic mass is 9.72. The van der Waals surface area contributed by atoms with Crippen LogP contribution in [0.4, 0.5) is 0 Å². The molecular weight excluding hydrogens is 280 g/mol. The van der Waals surface area contributed by atoms with Crippen LogP contribution in [0.5, 0.6) is 0 Å². The normalized spacial score (nSPS) is 21.1. The van der Waals surface area contributed by atoms with Gasteiger partial charge in [-0.25, -0.2) is 0 Å². The van der Waals surface area contributed by atoms with Gasteiger partial charge in [0.25, 0.3) is 0 Å². The van der Waals surface area contributed by atoms with Gasteiger partial charge in [-0.15, -0.1) is 0 Å². The number of ether oxygens (including phenoxy) is 1. The zero-order valence-electron chi connectivity index (χ0n) is 15.2. The lowest BCUT2D eigenvalue weighted by Gasteiger charge is -2.33. The Bertz CT molecular complexity index is 604. The second-order valence-electron chi connectivity index (χ2n) is 7.40. The maximum absolute atomic E-state index is 5.76. The van der Waals surface area contributed by atoms with Gasteiger partial charge in [-0.05, 0) is 61.8 Å². The van der Waals surface area contributed by atoms with E-state index in [1.807, 2.05) is 6.07 Å². The Labute approximate surface area is 141 Å². The van der Waals surface area contributed by atoms with E-state index in [9.17, 15) is 0 Å². The zero-order chi connectivity index (χ0) is 16.9. The first-order valence-corrected chi connectivity index (χ1v) is 8.55. The van der Waals surface area contributed by atoms with Gasteiger partial charge in [0.15, 0.2) is 0 Å². The van der Waals surface area contributed by atoms with Gasteiger partial charge in [-0.3, -0.25) is 0 Å². The van der Waals surface area contributed by atoms with Gasteiger partial charge in [0.1, 0.15) is 5.60 Å². The predicted octanol–water partition coefficient (Wildman–Crippen LogP) is 6.19. The molecule has 2 rings (SSSR count). The summed E-state index contributed by atoms with van der Waals surface area (Å²) < 4.78 is 5.76. The van der Waals surface area contributed by atoms with E-state index in [0.717, 1.165) is 0 Å². The summed E-state index contributed by atoms with van der Waals surface area (Å²) in [5, 5.41) is 0. The van der Waals surface area contributed by atoms with E-state index < -0.39 is 5.60 Å². The van der Waals surface area contributed by atoms with Crippen molar-refractivity contribution in [3.05, 3.63) is 65.3 Å². The molecular formula is C22H30O. The molecule has 1 aliphatic rings. The Morgan fingerprint density at radius 3 is 2.35 bits per heavy atom. The highest BCUT2D eigenvalue weighted by Gasteiger charge is 2.27. The number of allylic oxidation sites excluding steroid dienone is 3. The molecule has 1 unspecified atom stereocenters. The molecule has 1 aromatic rings. The Morgan fingerprint density at radius 2 is 1.74 bits per heavy atom. The SMILES string of the molecule is COC(C)(/C=C\c1ccccc1)/C=C/C1=C(C)CCCC1(C)C. The maximum atomic E-state index is 5.76. The van der Waals surface area contributed by atoms with Crippen LogP contribution in [-0.4, -0.2) is 12.7 Å². The molecule has 1 aromatic carbocycles. The van der Waals surface area contributed by atoms with E-state index in [1.54, 1.807) is 7.11 Å². The van der Waals surface area contributed by atoms with E-state index in [4.69, 9.17) is 4.74 Å². The molecule has 1 atom stereocenters. The van der Waals surface area contributed by atoms with Gasteiger partial charge in [0.2, 0.25) is 0 Å². The van der Waals surface area contributed by atoms with Crippen LogP contribution in [0, 0.1) is 5.41 Å². The number of hydrogen-bond donors (Lipinski definition) is 0. The number of benzene rings is 1. The minimum Gasteiger partial charge on any atom is -0.370 e. The maximum Gasteiger partial charge on any atom is 0.102 e. The highest BCUT2D eigenvalue weighted by atomic mass is 16.5. The minimum absolute atomic E-state index is 0.261. The van der Waals surface area contributed by atoms with Crippen LogP contribution in [0.1, 0.15) is 52.5 Å². The van der Waals surface area contributed by atoms with Crippen molar-refractivity contribution in [1.29, 1.82) is 0 Å². The molecule has 23 heavy (non-hydrogen) atoms. The third-order valence-corrected chi connectivity index (χ3v) is 4.97. The zero-order valence-corrected chi connectivity index (χ0v) is 15.2. The minimum atomic E-state index is -0.392. The topological polar surface area (TPSA) is 9.23 Å². The van der Waals surface area contributed by atoms with Crippen molar-refractivity contribution in [2.45, 2.75) is 52.6 Å². The monoisotopic (exact) mass is 310 g/mol. The van der Waals surface area contributed by atoms with Crippen molar-refractivity contribution in [3.63, 3.8) is 0 Å². The number of hydrogen-bond acceptors (Lipinski definition) is 1. The van der Waals surface area contributed by atoms with Crippen molar-refractivity contribution in [1.82, 2.24) is 0 Å². The molecule has 0 bridgehead atoms. The molecule has 1 heteroatoms. The predicted molar refractivity (Wildman–Crippen MR) is 100 cm³/mol. The molecule has 1 aliphatic carbocycles. The molecule has 0 saturated heterocycles. The third kappa shape index (κ3) is 4.68. The first-order chi connectivity index (χ1) is 10.9. The van der Waals surface area contributed by atoms with Gasteiger partial charge in [-0.1, -0.05) is 61.9 Å².